The van der Waals surface area contributed by atoms with Crippen LogP contribution in [0.2, 0.25) is 0 Å². The summed E-state index contributed by atoms with van der Waals surface area (Å²) in [6.45, 7) is 3.78. The third-order valence-corrected chi connectivity index (χ3v) is 2.97. The van der Waals surface area contributed by atoms with Gasteiger partial charge in [-0.25, -0.2) is 4.39 Å². The van der Waals surface area contributed by atoms with E-state index in [0.717, 1.165) is 5.56 Å². The number of hydrogen-bond acceptors (Lipinski definition) is 3. The molecule has 0 unspecified atom stereocenters. The third-order valence-electron chi connectivity index (χ3n) is 2.97. The van der Waals surface area contributed by atoms with Crippen LogP contribution in [0.3, 0.4) is 0 Å². The first kappa shape index (κ1) is 12.0. The summed E-state index contributed by atoms with van der Waals surface area (Å²) in [7, 11) is 0. The van der Waals surface area contributed by atoms with Crippen molar-refractivity contribution in [1.29, 1.82) is 0 Å². The van der Waals surface area contributed by atoms with E-state index >= 15 is 0 Å². The molecule has 0 aliphatic carbocycles. The summed E-state index contributed by atoms with van der Waals surface area (Å²) in [5, 5.41) is 3.16. The molecular formula is C13H16FNO2. The zero-order chi connectivity index (χ0) is 12.4. The molecule has 4 heteroatoms. The highest BCUT2D eigenvalue weighted by Gasteiger charge is 2.32. The van der Waals surface area contributed by atoms with Crippen molar-refractivity contribution in [2.45, 2.75) is 38.5 Å². The second kappa shape index (κ2) is 4.84. The van der Waals surface area contributed by atoms with Crippen molar-refractivity contribution in [2.75, 3.05) is 0 Å². The number of hydrogen-bond donors (Lipinski definition) is 1. The number of nitrogens with one attached hydrogen (secondary N) is 1. The predicted octanol–water partition coefficient (Wildman–Crippen LogP) is 2.18. The first-order valence-corrected chi connectivity index (χ1v) is 5.78. The molecule has 1 aromatic carbocycles. The molecule has 1 aliphatic rings. The van der Waals surface area contributed by atoms with Gasteiger partial charge in [0.1, 0.15) is 18.0 Å². The van der Waals surface area contributed by atoms with E-state index < -0.39 is 0 Å². The monoisotopic (exact) mass is 237 g/mol. The highest BCUT2D eigenvalue weighted by molar-refractivity contribution is 5.78. The Morgan fingerprint density at radius 3 is 2.88 bits per heavy atom. The molecule has 3 nitrogen and oxygen atoms in total. The minimum Gasteiger partial charge on any atom is -0.461 e. The molecule has 0 spiro atoms. The van der Waals surface area contributed by atoms with Crippen LogP contribution in [0, 0.1) is 5.82 Å². The van der Waals surface area contributed by atoms with Gasteiger partial charge >= 0.3 is 5.97 Å². The van der Waals surface area contributed by atoms with E-state index in [9.17, 15) is 9.18 Å². The van der Waals surface area contributed by atoms with E-state index in [4.69, 9.17) is 4.74 Å². The molecule has 1 N–H and O–H groups in total. The van der Waals surface area contributed by atoms with Gasteiger partial charge in [0, 0.05) is 12.5 Å². The Hall–Kier alpha value is -1.42. The molecule has 0 radical (unpaired) electrons. The van der Waals surface area contributed by atoms with E-state index in [0.29, 0.717) is 6.42 Å². The number of carbonyl (C=O) groups excluding carboxylic acids is 1. The van der Waals surface area contributed by atoms with Crippen LogP contribution in [0.15, 0.2) is 24.3 Å². The van der Waals surface area contributed by atoms with Crippen LogP contribution in [0.1, 0.15) is 31.9 Å². The molecular weight excluding hydrogens is 221 g/mol. The summed E-state index contributed by atoms with van der Waals surface area (Å²) in [6, 6.07) is 6.02. The van der Waals surface area contributed by atoms with Crippen LogP contribution in [-0.4, -0.2) is 18.1 Å². The standard InChI is InChI=1S/C13H16FNO2/c1-8-6-12(13(16)17-8)15-9(2)10-4-3-5-11(14)7-10/h3-5,7-9,12,15H,6H2,1-2H3/t8-,9+,12-/m1/s1. The van der Waals surface area contributed by atoms with Crippen molar-refractivity contribution >= 4 is 5.97 Å². The van der Waals surface area contributed by atoms with Gasteiger partial charge in [0.2, 0.25) is 0 Å². The number of esters is 1. The smallest absolute Gasteiger partial charge is 0.323 e. The second-order valence-corrected chi connectivity index (χ2v) is 4.48. The van der Waals surface area contributed by atoms with Gasteiger partial charge in [0.15, 0.2) is 0 Å². The van der Waals surface area contributed by atoms with Crippen molar-refractivity contribution in [3.63, 3.8) is 0 Å². The second-order valence-electron chi connectivity index (χ2n) is 4.48. The number of rotatable bonds is 3. The average molecular weight is 237 g/mol. The lowest BCUT2D eigenvalue weighted by Crippen LogP contribution is -2.35. The molecule has 3 atom stereocenters. The van der Waals surface area contributed by atoms with Crippen molar-refractivity contribution in [1.82, 2.24) is 5.32 Å². The van der Waals surface area contributed by atoms with Crippen molar-refractivity contribution < 1.29 is 13.9 Å². The molecule has 1 saturated heterocycles. The molecule has 0 saturated carbocycles. The maximum absolute atomic E-state index is 13.1. The Labute approximate surface area is 100.0 Å². The quantitative estimate of drug-likeness (QED) is 0.819. The summed E-state index contributed by atoms with van der Waals surface area (Å²) in [5.74, 6) is -0.487. The SMILES string of the molecule is C[C@@H]1C[C@@H](N[C@@H](C)c2cccc(F)c2)C(=O)O1. The zero-order valence-electron chi connectivity index (χ0n) is 9.94. The van der Waals surface area contributed by atoms with Crippen LogP contribution in [0.5, 0.6) is 0 Å². The molecule has 0 bridgehead atoms. The Kier molecular flexibility index (Phi) is 3.43. The van der Waals surface area contributed by atoms with Gasteiger partial charge in [-0.3, -0.25) is 10.1 Å². The van der Waals surface area contributed by atoms with Crippen LogP contribution < -0.4 is 5.32 Å². The molecule has 1 aliphatic heterocycles. The van der Waals surface area contributed by atoms with Crippen molar-refractivity contribution in [3.8, 4) is 0 Å². The first-order valence-electron chi connectivity index (χ1n) is 5.78. The van der Waals surface area contributed by atoms with Crippen LogP contribution >= 0.6 is 0 Å². The van der Waals surface area contributed by atoms with Crippen LogP contribution in [0.4, 0.5) is 4.39 Å². The average Bonchev–Trinajstić information content (AvgIpc) is 2.57. The Morgan fingerprint density at radius 1 is 1.53 bits per heavy atom. The van der Waals surface area contributed by atoms with E-state index in [1.54, 1.807) is 6.07 Å². The summed E-state index contributed by atoms with van der Waals surface area (Å²) in [4.78, 5) is 11.5. The van der Waals surface area contributed by atoms with Gasteiger partial charge in [-0.15, -0.1) is 0 Å². The minimum atomic E-state index is -0.289. The topological polar surface area (TPSA) is 38.3 Å². The van der Waals surface area contributed by atoms with E-state index in [2.05, 4.69) is 5.32 Å². The largest absolute Gasteiger partial charge is 0.461 e. The lowest BCUT2D eigenvalue weighted by molar-refractivity contribution is -0.142. The Bertz CT molecular complexity index is 422. The summed E-state index contributed by atoms with van der Waals surface area (Å²) >= 11 is 0. The summed E-state index contributed by atoms with van der Waals surface area (Å²) in [5.41, 5.74) is 0.831. The van der Waals surface area contributed by atoms with Crippen molar-refractivity contribution in [2.24, 2.45) is 0 Å². The number of halogens is 1. The lowest BCUT2D eigenvalue weighted by Gasteiger charge is -2.17. The molecule has 1 heterocycles. The first-order chi connectivity index (χ1) is 8.06. The van der Waals surface area contributed by atoms with E-state index in [1.807, 2.05) is 19.9 Å². The Morgan fingerprint density at radius 2 is 2.29 bits per heavy atom. The fraction of sp³-hybridized carbons (Fsp3) is 0.462. The molecule has 2 rings (SSSR count). The van der Waals surface area contributed by atoms with E-state index in [1.165, 1.54) is 12.1 Å². The van der Waals surface area contributed by atoms with Gasteiger partial charge in [-0.05, 0) is 31.5 Å². The Balaban J connectivity index is 2.02. The fourth-order valence-corrected chi connectivity index (χ4v) is 2.07. The molecule has 0 aromatic heterocycles. The minimum absolute atomic E-state index is 0.0419. The van der Waals surface area contributed by atoms with Gasteiger partial charge in [0.25, 0.3) is 0 Å². The molecule has 0 amide bonds. The molecule has 1 aromatic rings. The number of carbonyl (C=O) groups is 1. The van der Waals surface area contributed by atoms with Gasteiger partial charge < -0.3 is 4.74 Å². The maximum Gasteiger partial charge on any atom is 0.323 e. The number of ether oxygens (including phenoxy) is 1. The van der Waals surface area contributed by atoms with Crippen LogP contribution in [-0.2, 0) is 9.53 Å². The zero-order valence-corrected chi connectivity index (χ0v) is 9.94. The third kappa shape index (κ3) is 2.82. The van der Waals surface area contributed by atoms with Crippen molar-refractivity contribution in [3.05, 3.63) is 35.6 Å². The van der Waals surface area contributed by atoms with Crippen LogP contribution in [0.25, 0.3) is 0 Å². The number of cyclic esters (lactones) is 1. The normalized spacial score (nSPS) is 25.7. The molecule has 92 valence electrons. The van der Waals surface area contributed by atoms with Gasteiger partial charge in [-0.1, -0.05) is 12.1 Å². The fourth-order valence-electron chi connectivity index (χ4n) is 2.07. The molecule has 17 heavy (non-hydrogen) atoms. The summed E-state index contributed by atoms with van der Waals surface area (Å²) < 4.78 is 18.1. The number of benzene rings is 1. The summed E-state index contributed by atoms with van der Waals surface area (Å²) in [6.07, 6.45) is 0.623. The van der Waals surface area contributed by atoms with E-state index in [-0.39, 0.29) is 30.0 Å². The lowest BCUT2D eigenvalue weighted by atomic mass is 10.1. The molecule has 1 fully saturated rings. The predicted molar refractivity (Wildman–Crippen MR) is 61.9 cm³/mol. The highest BCUT2D eigenvalue weighted by atomic mass is 19.1. The van der Waals surface area contributed by atoms with Gasteiger partial charge in [-0.2, -0.15) is 0 Å². The maximum atomic E-state index is 13.1. The van der Waals surface area contributed by atoms with Gasteiger partial charge in [0.05, 0.1) is 0 Å². The highest BCUT2D eigenvalue weighted by Crippen LogP contribution is 2.19.